The van der Waals surface area contributed by atoms with Crippen molar-refractivity contribution in [3.63, 3.8) is 0 Å². The molecule has 0 saturated carbocycles. The van der Waals surface area contributed by atoms with Crippen LogP contribution < -0.4 is 28.9 Å². The van der Waals surface area contributed by atoms with Gasteiger partial charge in [0.25, 0.3) is 11.8 Å². The second-order valence-corrected chi connectivity index (χ2v) is 19.9. The molecule has 4 aliphatic heterocycles. The minimum atomic E-state index is -0.549. The third kappa shape index (κ3) is 10.5. The van der Waals surface area contributed by atoms with E-state index in [0.29, 0.717) is 79.1 Å². The van der Waals surface area contributed by atoms with Gasteiger partial charge in [-0.1, -0.05) is 36.4 Å². The predicted octanol–water partition coefficient (Wildman–Crippen LogP) is 9.08. The summed E-state index contributed by atoms with van der Waals surface area (Å²) in [7, 11) is 3.17. The Labute approximate surface area is 409 Å². The van der Waals surface area contributed by atoms with E-state index in [1.807, 2.05) is 105 Å². The molecule has 0 N–H and O–H groups in total. The Morgan fingerprint density at radius 3 is 2.10 bits per heavy atom. The number of hydrogen-bond acceptors (Lipinski definition) is 11. The molecule has 5 aromatic rings. The van der Waals surface area contributed by atoms with E-state index < -0.39 is 4.75 Å². The molecule has 4 aliphatic rings. The van der Waals surface area contributed by atoms with Gasteiger partial charge in [0.05, 0.1) is 63.9 Å². The zero-order valence-electron chi connectivity index (χ0n) is 40.0. The van der Waals surface area contributed by atoms with E-state index >= 15 is 0 Å². The van der Waals surface area contributed by atoms with Gasteiger partial charge in [0, 0.05) is 65.8 Å². The Balaban J connectivity index is 0.984. The summed E-state index contributed by atoms with van der Waals surface area (Å²) < 4.78 is 34.8. The fourth-order valence-electron chi connectivity index (χ4n) is 9.76. The number of para-hydroxylation sites is 2. The van der Waals surface area contributed by atoms with Crippen LogP contribution in [0.5, 0.6) is 17.2 Å². The average molecular weight is 953 g/mol. The third-order valence-electron chi connectivity index (χ3n) is 13.0. The average Bonchev–Trinajstić information content (AvgIpc) is 3.83. The smallest absolute Gasteiger partial charge is 0.261 e. The number of carbonyl (C=O) groups is 3. The summed E-state index contributed by atoms with van der Waals surface area (Å²) in [5.41, 5.74) is 9.87. The summed E-state index contributed by atoms with van der Waals surface area (Å²) in [4.78, 5) is 52.8. The fourth-order valence-corrected chi connectivity index (χ4v) is 9.90. The molecule has 9 rings (SSSR count). The number of nitrogens with zero attached hydrogens (tertiary/aromatic N) is 4. The SMILES string of the molecule is COCCOCCOCCC(=O)N(CC(C)(C)S)c1cc(COc2cc3c(cc2C)C(=O)N2c4ccccc4C[C@H]2CC3)cc(COc2cc3c(cc2OC)C(=O)N2c4ccccc4C[C@H]2C=N3)c1. The molecule has 0 bridgehead atoms. The van der Waals surface area contributed by atoms with E-state index in [0.717, 1.165) is 58.5 Å². The molecule has 0 radical (unpaired) electrons. The highest BCUT2D eigenvalue weighted by molar-refractivity contribution is 7.81. The normalized spacial score (nSPS) is 16.7. The van der Waals surface area contributed by atoms with Crippen LogP contribution in [0.25, 0.3) is 0 Å². The van der Waals surface area contributed by atoms with Crippen LogP contribution in [0.15, 0.2) is 96.0 Å². The quantitative estimate of drug-likeness (QED) is 0.0637. The molecular formula is C55H60N4O9S. The topological polar surface area (TPSA) is 129 Å². The summed E-state index contributed by atoms with van der Waals surface area (Å²) in [6, 6.07) is 29.4. The van der Waals surface area contributed by atoms with Crippen LogP contribution in [0, 0.1) is 6.92 Å². The van der Waals surface area contributed by atoms with E-state index in [1.54, 1.807) is 36.2 Å². The van der Waals surface area contributed by atoms with Gasteiger partial charge < -0.3 is 38.2 Å². The van der Waals surface area contributed by atoms with Crippen molar-refractivity contribution >= 4 is 59.3 Å². The van der Waals surface area contributed by atoms with Crippen LogP contribution in [0.1, 0.15) is 80.8 Å². The van der Waals surface area contributed by atoms with Gasteiger partial charge >= 0.3 is 0 Å². The molecule has 0 fully saturated rings. The van der Waals surface area contributed by atoms with Crippen LogP contribution in [-0.4, -0.2) is 94.6 Å². The largest absolute Gasteiger partial charge is 0.493 e. The number of fused-ring (bicyclic) bond motifs is 8. The molecular weight excluding hydrogens is 893 g/mol. The van der Waals surface area contributed by atoms with E-state index in [-0.39, 0.29) is 56.0 Å². The lowest BCUT2D eigenvalue weighted by Crippen LogP contribution is -2.40. The van der Waals surface area contributed by atoms with Crippen molar-refractivity contribution in [1.82, 2.24) is 0 Å². The van der Waals surface area contributed by atoms with Crippen molar-refractivity contribution in [2.24, 2.45) is 4.99 Å². The molecule has 14 heteroatoms. The van der Waals surface area contributed by atoms with Crippen molar-refractivity contribution in [3.05, 3.63) is 136 Å². The van der Waals surface area contributed by atoms with E-state index in [9.17, 15) is 14.4 Å². The van der Waals surface area contributed by atoms with Crippen molar-refractivity contribution in [2.45, 2.75) is 82.9 Å². The van der Waals surface area contributed by atoms with Crippen molar-refractivity contribution < 1.29 is 42.8 Å². The monoisotopic (exact) mass is 952 g/mol. The minimum Gasteiger partial charge on any atom is -0.493 e. The second-order valence-electron chi connectivity index (χ2n) is 18.7. The van der Waals surface area contributed by atoms with Gasteiger partial charge in [-0.15, -0.1) is 0 Å². The van der Waals surface area contributed by atoms with Gasteiger partial charge in [-0.3, -0.25) is 24.3 Å². The first kappa shape index (κ1) is 47.9. The highest BCUT2D eigenvalue weighted by Crippen LogP contribution is 2.42. The van der Waals surface area contributed by atoms with Crippen molar-refractivity contribution in [3.8, 4) is 17.2 Å². The first-order valence-corrected chi connectivity index (χ1v) is 24.1. The van der Waals surface area contributed by atoms with E-state index in [4.69, 9.17) is 46.0 Å². The Morgan fingerprint density at radius 2 is 1.39 bits per heavy atom. The standard InChI is InChI=1S/C55H60N4O9S/c1-35-22-44-38(14-15-41-26-39-10-6-8-12-47(39)58(41)53(44)61)28-49(35)67-32-36-23-37(25-42(24-36)57(34-55(2,3)69)52(60)16-17-65-20-21-66-19-18-63-4)33-68-51-30-46-45(29-50(51)64-5)54(62)59-43(31-56-46)27-40-11-7-9-13-48(40)59/h6-13,22-25,28-31,41,43,69H,14-21,26-27,32-34H2,1-5H3/t41-,43+/m1/s1. The first-order chi connectivity index (χ1) is 33.4. The van der Waals surface area contributed by atoms with Gasteiger partial charge in [-0.25, -0.2) is 0 Å². The summed E-state index contributed by atoms with van der Waals surface area (Å²) in [5.74, 6) is 1.24. The summed E-state index contributed by atoms with van der Waals surface area (Å²) in [5, 5.41) is 0. The molecule has 0 aromatic heterocycles. The maximum Gasteiger partial charge on any atom is 0.261 e. The number of carbonyl (C=O) groups excluding carboxylic acids is 3. The minimum absolute atomic E-state index is 0.0257. The highest BCUT2D eigenvalue weighted by Gasteiger charge is 2.38. The number of anilines is 3. The fraction of sp³-hybridized carbons (Fsp3) is 0.382. The van der Waals surface area contributed by atoms with Crippen LogP contribution in [0.2, 0.25) is 0 Å². The first-order valence-electron chi connectivity index (χ1n) is 23.7. The molecule has 4 heterocycles. The number of aryl methyl sites for hydroxylation is 2. The molecule has 360 valence electrons. The van der Waals surface area contributed by atoms with Crippen molar-refractivity contribution in [1.29, 1.82) is 0 Å². The number of amides is 3. The lowest BCUT2D eigenvalue weighted by molar-refractivity contribution is -0.119. The number of methoxy groups -OCH3 is 2. The van der Waals surface area contributed by atoms with Gasteiger partial charge in [0.2, 0.25) is 5.91 Å². The molecule has 13 nitrogen and oxygen atoms in total. The summed E-state index contributed by atoms with van der Waals surface area (Å²) in [6.45, 7) is 8.42. The molecule has 0 saturated heterocycles. The number of rotatable bonds is 19. The lowest BCUT2D eigenvalue weighted by Gasteiger charge is -2.30. The lowest BCUT2D eigenvalue weighted by atomic mass is 9.98. The number of ether oxygens (including phenoxy) is 6. The Morgan fingerprint density at radius 1 is 0.739 bits per heavy atom. The zero-order valence-corrected chi connectivity index (χ0v) is 40.9. The maximum atomic E-state index is 14.2. The molecule has 3 amide bonds. The Kier molecular flexibility index (Phi) is 14.4. The predicted molar refractivity (Wildman–Crippen MR) is 271 cm³/mol. The van der Waals surface area contributed by atoms with Crippen LogP contribution in [-0.2, 0) is 51.5 Å². The number of hydrogen-bond donors (Lipinski definition) is 1. The highest BCUT2D eigenvalue weighted by atomic mass is 32.1. The Hall–Kier alpha value is -6.19. The molecule has 0 spiro atoms. The second kappa shape index (κ2) is 20.8. The van der Waals surface area contributed by atoms with Crippen LogP contribution in [0.3, 0.4) is 0 Å². The zero-order chi connectivity index (χ0) is 48.2. The number of thiol groups is 1. The molecule has 0 aliphatic carbocycles. The molecule has 69 heavy (non-hydrogen) atoms. The van der Waals surface area contributed by atoms with Crippen molar-refractivity contribution in [2.75, 3.05) is 68.5 Å². The Bertz CT molecular complexity index is 2770. The summed E-state index contributed by atoms with van der Waals surface area (Å²) >= 11 is 4.86. The van der Waals surface area contributed by atoms with E-state index in [2.05, 4.69) is 6.07 Å². The number of aliphatic imine (C=N–C) groups is 1. The van der Waals surface area contributed by atoms with Gasteiger partial charge in [-0.05, 0) is 122 Å². The third-order valence-corrected chi connectivity index (χ3v) is 13.2. The number of benzene rings is 5. The van der Waals surface area contributed by atoms with Gasteiger partial charge in [0.1, 0.15) is 19.0 Å². The van der Waals surface area contributed by atoms with Gasteiger partial charge in [0.15, 0.2) is 11.5 Å². The molecule has 0 unspecified atom stereocenters. The van der Waals surface area contributed by atoms with E-state index in [1.165, 1.54) is 5.56 Å². The van der Waals surface area contributed by atoms with Crippen LogP contribution >= 0.6 is 12.6 Å². The molecule has 2 atom stereocenters. The maximum absolute atomic E-state index is 14.2. The van der Waals surface area contributed by atoms with Gasteiger partial charge in [-0.2, -0.15) is 12.6 Å². The summed E-state index contributed by atoms with van der Waals surface area (Å²) in [6.07, 6.45) is 5.11. The van der Waals surface area contributed by atoms with Crippen LogP contribution in [0.4, 0.5) is 22.7 Å². The molecule has 5 aromatic carbocycles.